The second-order valence-electron chi connectivity index (χ2n) is 5.53. The molecule has 1 heterocycles. The van der Waals surface area contributed by atoms with Gasteiger partial charge in [0.05, 0.1) is 0 Å². The van der Waals surface area contributed by atoms with Gasteiger partial charge in [0.15, 0.2) is 0 Å². The Bertz CT molecular complexity index is 437. The monoisotopic (exact) mass is 261 g/mol. The molecule has 0 spiro atoms. The third-order valence-corrected chi connectivity index (χ3v) is 3.94. The molecule has 1 unspecified atom stereocenters. The van der Waals surface area contributed by atoms with Gasteiger partial charge in [-0.25, -0.2) is 0 Å². The number of rotatable bonds is 4. The number of nitrogens with zero attached hydrogens (tertiary/aromatic N) is 1. The van der Waals surface area contributed by atoms with Gasteiger partial charge in [-0.2, -0.15) is 0 Å². The van der Waals surface area contributed by atoms with Gasteiger partial charge in [0.1, 0.15) is 0 Å². The highest BCUT2D eigenvalue weighted by molar-refractivity contribution is 5.78. The molecule has 1 aliphatic rings. The molecule has 2 N–H and O–H groups in total. The van der Waals surface area contributed by atoms with Gasteiger partial charge < -0.3 is 15.5 Å². The minimum absolute atomic E-state index is 0.0675. The maximum Gasteiger partial charge on any atom is 0.220 e. The van der Waals surface area contributed by atoms with Crippen molar-refractivity contribution in [3.63, 3.8) is 0 Å². The molecule has 0 radical (unpaired) electrons. The number of amides is 1. The van der Waals surface area contributed by atoms with E-state index in [-0.39, 0.29) is 11.3 Å². The average Bonchev–Trinajstić information content (AvgIpc) is 2.39. The van der Waals surface area contributed by atoms with Gasteiger partial charge in [0.2, 0.25) is 5.91 Å². The Morgan fingerprint density at radius 3 is 2.53 bits per heavy atom. The van der Waals surface area contributed by atoms with E-state index in [0.717, 1.165) is 19.5 Å². The summed E-state index contributed by atoms with van der Waals surface area (Å²) in [6.07, 6.45) is 1.55. The normalized spacial score (nSPS) is 23.0. The lowest BCUT2D eigenvalue weighted by Crippen LogP contribution is -2.48. The molecule has 1 aromatic carbocycles. The number of nitrogens with one attached hydrogen (secondary N) is 2. The van der Waals surface area contributed by atoms with E-state index in [1.165, 1.54) is 11.3 Å². The molecule has 4 heteroatoms. The van der Waals surface area contributed by atoms with E-state index in [9.17, 15) is 4.79 Å². The molecular formula is C15H23N3O. The van der Waals surface area contributed by atoms with Crippen LogP contribution in [0.25, 0.3) is 0 Å². The molecule has 2 rings (SSSR count). The maximum atomic E-state index is 11.8. The number of carbonyl (C=O) groups is 1. The van der Waals surface area contributed by atoms with Crippen molar-refractivity contribution in [2.75, 3.05) is 39.1 Å². The molecule has 1 saturated heterocycles. The SMILES string of the molecule is CNCC1(c2ccc(N(C)C)cc2)CCNC(=O)C1. The van der Waals surface area contributed by atoms with E-state index < -0.39 is 0 Å². The standard InChI is InChI=1S/C15H23N3O/c1-16-11-15(8-9-17-14(19)10-15)12-4-6-13(7-5-12)18(2)3/h4-7,16H,8-11H2,1-3H3,(H,17,19). The predicted molar refractivity (Wildman–Crippen MR) is 78.6 cm³/mol. The van der Waals surface area contributed by atoms with Gasteiger partial charge in [-0.05, 0) is 31.2 Å². The van der Waals surface area contributed by atoms with E-state index >= 15 is 0 Å². The number of benzene rings is 1. The number of likely N-dealkylation sites (N-methyl/N-ethyl adjacent to an activating group) is 1. The Morgan fingerprint density at radius 2 is 2.00 bits per heavy atom. The highest BCUT2D eigenvalue weighted by Gasteiger charge is 2.36. The molecule has 0 aliphatic carbocycles. The van der Waals surface area contributed by atoms with Crippen molar-refractivity contribution < 1.29 is 4.79 Å². The number of anilines is 1. The molecule has 0 aromatic heterocycles. The van der Waals surface area contributed by atoms with Crippen LogP contribution in [0, 0.1) is 0 Å². The summed E-state index contributed by atoms with van der Waals surface area (Å²) in [5, 5.41) is 6.16. The summed E-state index contributed by atoms with van der Waals surface area (Å²) < 4.78 is 0. The molecule has 1 fully saturated rings. The summed E-state index contributed by atoms with van der Waals surface area (Å²) in [6, 6.07) is 8.56. The Labute approximate surface area is 115 Å². The lowest BCUT2D eigenvalue weighted by atomic mass is 9.73. The Hall–Kier alpha value is -1.55. The van der Waals surface area contributed by atoms with Crippen LogP contribution in [0.2, 0.25) is 0 Å². The van der Waals surface area contributed by atoms with Crippen molar-refractivity contribution in [2.24, 2.45) is 0 Å². The van der Waals surface area contributed by atoms with E-state index in [1.807, 2.05) is 21.1 Å². The zero-order valence-electron chi connectivity index (χ0n) is 12.0. The zero-order valence-corrected chi connectivity index (χ0v) is 12.0. The summed E-state index contributed by atoms with van der Waals surface area (Å²) in [5.41, 5.74) is 2.37. The smallest absolute Gasteiger partial charge is 0.220 e. The number of carbonyl (C=O) groups excluding carboxylic acids is 1. The van der Waals surface area contributed by atoms with Crippen molar-refractivity contribution in [1.29, 1.82) is 0 Å². The third-order valence-electron chi connectivity index (χ3n) is 3.94. The fourth-order valence-corrected chi connectivity index (χ4v) is 2.85. The number of hydrogen-bond donors (Lipinski definition) is 2. The van der Waals surface area contributed by atoms with Gasteiger partial charge >= 0.3 is 0 Å². The van der Waals surface area contributed by atoms with Crippen molar-refractivity contribution in [3.05, 3.63) is 29.8 Å². The van der Waals surface area contributed by atoms with E-state index in [2.05, 4.69) is 39.8 Å². The van der Waals surface area contributed by atoms with Crippen LogP contribution in [0.5, 0.6) is 0 Å². The van der Waals surface area contributed by atoms with Crippen LogP contribution >= 0.6 is 0 Å². The zero-order chi connectivity index (χ0) is 13.9. The van der Waals surface area contributed by atoms with Gasteiger partial charge in [-0.3, -0.25) is 4.79 Å². The van der Waals surface area contributed by atoms with E-state index in [0.29, 0.717) is 6.42 Å². The molecule has 104 valence electrons. The summed E-state index contributed by atoms with van der Waals surface area (Å²) >= 11 is 0. The first kappa shape index (κ1) is 13.9. The minimum atomic E-state index is -0.0675. The topological polar surface area (TPSA) is 44.4 Å². The van der Waals surface area contributed by atoms with Crippen molar-refractivity contribution in [1.82, 2.24) is 10.6 Å². The summed E-state index contributed by atoms with van der Waals surface area (Å²) in [5.74, 6) is 0.151. The van der Waals surface area contributed by atoms with Gasteiger partial charge in [-0.1, -0.05) is 12.1 Å². The van der Waals surface area contributed by atoms with Crippen molar-refractivity contribution in [2.45, 2.75) is 18.3 Å². The highest BCUT2D eigenvalue weighted by atomic mass is 16.1. The maximum absolute atomic E-state index is 11.8. The van der Waals surface area contributed by atoms with Crippen LogP contribution in [0.15, 0.2) is 24.3 Å². The third kappa shape index (κ3) is 2.89. The van der Waals surface area contributed by atoms with Crippen LogP contribution in [0.4, 0.5) is 5.69 Å². The van der Waals surface area contributed by atoms with Crippen LogP contribution in [-0.4, -0.2) is 40.1 Å². The largest absolute Gasteiger partial charge is 0.378 e. The summed E-state index contributed by atoms with van der Waals surface area (Å²) in [6.45, 7) is 1.59. The van der Waals surface area contributed by atoms with Crippen LogP contribution in [0.3, 0.4) is 0 Å². The summed E-state index contributed by atoms with van der Waals surface area (Å²) in [4.78, 5) is 13.8. The lowest BCUT2D eigenvalue weighted by molar-refractivity contribution is -0.124. The molecule has 1 amide bonds. The molecule has 1 aliphatic heterocycles. The minimum Gasteiger partial charge on any atom is -0.378 e. The van der Waals surface area contributed by atoms with Crippen molar-refractivity contribution >= 4 is 11.6 Å². The molecule has 0 saturated carbocycles. The second kappa shape index (κ2) is 5.61. The second-order valence-corrected chi connectivity index (χ2v) is 5.53. The van der Waals surface area contributed by atoms with Crippen LogP contribution in [0.1, 0.15) is 18.4 Å². The van der Waals surface area contributed by atoms with Gasteiger partial charge in [-0.15, -0.1) is 0 Å². The molecular weight excluding hydrogens is 238 g/mol. The average molecular weight is 261 g/mol. The predicted octanol–water partition coefficient (Wildman–Crippen LogP) is 1.12. The molecule has 1 aromatic rings. The summed E-state index contributed by atoms with van der Waals surface area (Å²) in [7, 11) is 6.02. The van der Waals surface area contributed by atoms with Crippen LogP contribution < -0.4 is 15.5 Å². The Kier molecular flexibility index (Phi) is 4.10. The van der Waals surface area contributed by atoms with Crippen LogP contribution in [-0.2, 0) is 10.2 Å². The fourth-order valence-electron chi connectivity index (χ4n) is 2.85. The lowest BCUT2D eigenvalue weighted by Gasteiger charge is -2.37. The van der Waals surface area contributed by atoms with Crippen molar-refractivity contribution in [3.8, 4) is 0 Å². The first-order valence-corrected chi connectivity index (χ1v) is 6.76. The molecule has 4 nitrogen and oxygen atoms in total. The molecule has 0 bridgehead atoms. The molecule has 19 heavy (non-hydrogen) atoms. The first-order chi connectivity index (χ1) is 9.07. The van der Waals surface area contributed by atoms with Gasteiger partial charge in [0.25, 0.3) is 0 Å². The molecule has 1 atom stereocenters. The van der Waals surface area contributed by atoms with E-state index in [1.54, 1.807) is 0 Å². The fraction of sp³-hybridized carbons (Fsp3) is 0.533. The Balaban J connectivity index is 2.30. The quantitative estimate of drug-likeness (QED) is 0.853. The number of piperidine rings is 1. The Morgan fingerprint density at radius 1 is 1.32 bits per heavy atom. The first-order valence-electron chi connectivity index (χ1n) is 6.76. The van der Waals surface area contributed by atoms with E-state index in [4.69, 9.17) is 0 Å². The highest BCUT2D eigenvalue weighted by Crippen LogP contribution is 2.34. The van der Waals surface area contributed by atoms with Gasteiger partial charge in [0, 0.05) is 44.7 Å². The number of hydrogen-bond acceptors (Lipinski definition) is 3.